The molecule has 4 heteroatoms. The van der Waals surface area contributed by atoms with Crippen LogP contribution in [0.25, 0.3) is 0 Å². The topological polar surface area (TPSA) is 42.6 Å². The van der Waals surface area contributed by atoms with E-state index in [1.54, 1.807) is 6.26 Å². The van der Waals surface area contributed by atoms with Crippen LogP contribution in [0.4, 0.5) is 0 Å². The van der Waals surface area contributed by atoms with Crippen molar-refractivity contribution in [3.63, 3.8) is 0 Å². The van der Waals surface area contributed by atoms with Crippen LogP contribution in [0.2, 0.25) is 0 Å². The minimum atomic E-state index is -0.696. The van der Waals surface area contributed by atoms with Crippen molar-refractivity contribution in [3.05, 3.63) is 51.9 Å². The second-order valence-corrected chi connectivity index (χ2v) is 5.03. The highest BCUT2D eigenvalue weighted by Crippen LogP contribution is 2.33. The molecule has 1 aromatic carbocycles. The maximum absolute atomic E-state index is 10.5. The van der Waals surface area contributed by atoms with E-state index in [0.29, 0.717) is 6.61 Å². The van der Waals surface area contributed by atoms with Crippen molar-refractivity contribution in [1.82, 2.24) is 0 Å². The molecule has 0 aliphatic carbocycles. The van der Waals surface area contributed by atoms with Gasteiger partial charge in [0.1, 0.15) is 17.6 Å². The number of ether oxygens (including phenoxy) is 1. The molecule has 0 radical (unpaired) electrons. The van der Waals surface area contributed by atoms with Gasteiger partial charge in [-0.1, -0.05) is 28.9 Å². The summed E-state index contributed by atoms with van der Waals surface area (Å²) >= 11 is 3.48. The van der Waals surface area contributed by atoms with Gasteiger partial charge >= 0.3 is 0 Å². The summed E-state index contributed by atoms with van der Waals surface area (Å²) in [7, 11) is 0. The maximum Gasteiger partial charge on any atom is 0.120 e. The first-order valence-corrected chi connectivity index (χ1v) is 7.13. The molecule has 0 amide bonds. The van der Waals surface area contributed by atoms with Gasteiger partial charge in [0.2, 0.25) is 0 Å². The number of benzene rings is 1. The fourth-order valence-corrected chi connectivity index (χ4v) is 2.61. The van der Waals surface area contributed by atoms with Crippen molar-refractivity contribution in [3.8, 4) is 5.75 Å². The number of aliphatic hydroxyl groups excluding tert-OH is 1. The van der Waals surface area contributed by atoms with Gasteiger partial charge in [-0.05, 0) is 30.7 Å². The van der Waals surface area contributed by atoms with Crippen LogP contribution in [-0.2, 0) is 6.42 Å². The van der Waals surface area contributed by atoms with Gasteiger partial charge in [0.25, 0.3) is 0 Å². The van der Waals surface area contributed by atoms with E-state index in [1.165, 1.54) is 0 Å². The molecule has 19 heavy (non-hydrogen) atoms. The molecule has 0 saturated carbocycles. The van der Waals surface area contributed by atoms with Gasteiger partial charge in [0.15, 0.2) is 0 Å². The van der Waals surface area contributed by atoms with Crippen LogP contribution in [0.15, 0.2) is 39.4 Å². The molecule has 3 nitrogen and oxygen atoms in total. The second-order valence-electron chi connectivity index (χ2n) is 4.17. The zero-order valence-corrected chi connectivity index (χ0v) is 12.6. The van der Waals surface area contributed by atoms with E-state index in [4.69, 9.17) is 9.15 Å². The second kappa shape index (κ2) is 6.26. The number of rotatable bonds is 5. The minimum absolute atomic E-state index is 0.621. The molecule has 0 spiro atoms. The van der Waals surface area contributed by atoms with Gasteiger partial charge in [0.05, 0.1) is 12.9 Å². The third-order valence-electron chi connectivity index (χ3n) is 2.97. The summed E-state index contributed by atoms with van der Waals surface area (Å²) in [5.41, 5.74) is 1.62. The van der Waals surface area contributed by atoms with Crippen molar-refractivity contribution in [2.24, 2.45) is 0 Å². The summed E-state index contributed by atoms with van der Waals surface area (Å²) in [6.07, 6.45) is 1.67. The summed E-state index contributed by atoms with van der Waals surface area (Å²) in [5, 5.41) is 10.5. The fourth-order valence-electron chi connectivity index (χ4n) is 2.04. The Labute approximate surface area is 121 Å². The van der Waals surface area contributed by atoms with E-state index in [0.717, 1.165) is 33.5 Å². The molecule has 1 heterocycles. The summed E-state index contributed by atoms with van der Waals surface area (Å²) in [6, 6.07) is 7.41. The van der Waals surface area contributed by atoms with Crippen LogP contribution in [0, 0.1) is 0 Å². The Balaban J connectivity index is 2.31. The Kier molecular flexibility index (Phi) is 4.66. The maximum atomic E-state index is 10.5. The Morgan fingerprint density at radius 1 is 1.26 bits per heavy atom. The van der Waals surface area contributed by atoms with Crippen molar-refractivity contribution < 1.29 is 14.3 Å². The molecule has 0 aliphatic heterocycles. The number of aryl methyl sites for hydroxylation is 1. The minimum Gasteiger partial charge on any atom is -0.494 e. The van der Waals surface area contributed by atoms with E-state index in [9.17, 15) is 5.11 Å². The molecule has 2 rings (SSSR count). The predicted molar refractivity (Wildman–Crippen MR) is 77.5 cm³/mol. The van der Waals surface area contributed by atoms with Crippen LogP contribution in [0.5, 0.6) is 5.75 Å². The monoisotopic (exact) mass is 324 g/mol. The number of halogens is 1. The van der Waals surface area contributed by atoms with E-state index >= 15 is 0 Å². The van der Waals surface area contributed by atoms with Crippen LogP contribution in [-0.4, -0.2) is 11.7 Å². The van der Waals surface area contributed by atoms with E-state index in [-0.39, 0.29) is 0 Å². The first-order valence-electron chi connectivity index (χ1n) is 6.33. The molecule has 1 atom stereocenters. The fraction of sp³-hybridized carbons (Fsp3) is 0.333. The standard InChI is InChI=1S/C15H17BrO3/c1-3-14-12(7-8-19-14)15(17)11-6-5-10(18-4-2)9-13(11)16/h5-9,15,17H,3-4H2,1-2H3. The molecule has 1 aromatic heterocycles. The molecule has 1 N–H and O–H groups in total. The van der Waals surface area contributed by atoms with Gasteiger partial charge < -0.3 is 14.3 Å². The number of hydrogen-bond acceptors (Lipinski definition) is 3. The van der Waals surface area contributed by atoms with Crippen molar-refractivity contribution in [2.75, 3.05) is 6.61 Å². The van der Waals surface area contributed by atoms with E-state index in [2.05, 4.69) is 15.9 Å². The lowest BCUT2D eigenvalue weighted by molar-refractivity contribution is 0.216. The Bertz CT molecular complexity index is 548. The van der Waals surface area contributed by atoms with Crippen molar-refractivity contribution >= 4 is 15.9 Å². The summed E-state index contributed by atoms with van der Waals surface area (Å²) < 4.78 is 11.6. The Morgan fingerprint density at radius 3 is 2.68 bits per heavy atom. The molecular formula is C15H17BrO3. The average Bonchev–Trinajstić information content (AvgIpc) is 2.87. The third-order valence-corrected chi connectivity index (χ3v) is 3.66. The highest BCUT2D eigenvalue weighted by atomic mass is 79.9. The van der Waals surface area contributed by atoms with Gasteiger partial charge in [-0.2, -0.15) is 0 Å². The van der Waals surface area contributed by atoms with Gasteiger partial charge in [-0.3, -0.25) is 0 Å². The normalized spacial score (nSPS) is 12.4. The first-order chi connectivity index (χ1) is 9.17. The predicted octanol–water partition coefficient (Wildman–Crippen LogP) is 4.08. The zero-order valence-electron chi connectivity index (χ0n) is 11.0. The lowest BCUT2D eigenvalue weighted by Crippen LogP contribution is -2.02. The number of furan rings is 1. The molecular weight excluding hydrogens is 308 g/mol. The van der Waals surface area contributed by atoms with Crippen LogP contribution in [0.3, 0.4) is 0 Å². The highest BCUT2D eigenvalue weighted by Gasteiger charge is 2.18. The summed E-state index contributed by atoms with van der Waals surface area (Å²) in [6.45, 7) is 4.56. The van der Waals surface area contributed by atoms with Crippen molar-refractivity contribution in [2.45, 2.75) is 26.4 Å². The number of aliphatic hydroxyl groups is 1. The van der Waals surface area contributed by atoms with Gasteiger partial charge in [-0.25, -0.2) is 0 Å². The van der Waals surface area contributed by atoms with Gasteiger partial charge in [-0.15, -0.1) is 0 Å². The smallest absolute Gasteiger partial charge is 0.120 e. The molecule has 2 aromatic rings. The van der Waals surface area contributed by atoms with Crippen LogP contribution in [0.1, 0.15) is 36.8 Å². The zero-order chi connectivity index (χ0) is 13.8. The van der Waals surface area contributed by atoms with Gasteiger partial charge in [0, 0.05) is 16.5 Å². The van der Waals surface area contributed by atoms with Crippen molar-refractivity contribution in [1.29, 1.82) is 0 Å². The SMILES string of the molecule is CCOc1ccc(C(O)c2ccoc2CC)c(Br)c1. The van der Waals surface area contributed by atoms with Crippen LogP contribution < -0.4 is 4.74 Å². The van der Waals surface area contributed by atoms with E-state index in [1.807, 2.05) is 38.1 Å². The molecule has 0 saturated heterocycles. The average molecular weight is 325 g/mol. The molecule has 0 fully saturated rings. The quantitative estimate of drug-likeness (QED) is 0.900. The lowest BCUT2D eigenvalue weighted by Gasteiger charge is -2.14. The Morgan fingerprint density at radius 2 is 2.05 bits per heavy atom. The van der Waals surface area contributed by atoms with E-state index < -0.39 is 6.10 Å². The molecule has 102 valence electrons. The molecule has 1 unspecified atom stereocenters. The summed E-state index contributed by atoms with van der Waals surface area (Å²) in [4.78, 5) is 0. The summed E-state index contributed by atoms with van der Waals surface area (Å²) in [5.74, 6) is 1.60. The first kappa shape index (κ1) is 14.2. The molecule has 0 bridgehead atoms. The lowest BCUT2D eigenvalue weighted by atomic mass is 10.0. The van der Waals surface area contributed by atoms with Crippen LogP contribution >= 0.6 is 15.9 Å². The number of hydrogen-bond donors (Lipinski definition) is 1. The highest BCUT2D eigenvalue weighted by molar-refractivity contribution is 9.10. The molecule has 0 aliphatic rings. The largest absolute Gasteiger partial charge is 0.494 e. The third kappa shape index (κ3) is 3.01. The Hall–Kier alpha value is -1.26.